The van der Waals surface area contributed by atoms with Crippen molar-refractivity contribution >= 4 is 19.4 Å². The molecular weight excluding hydrogens is 246 g/mol. The molecule has 0 unspecified atom stereocenters. The van der Waals surface area contributed by atoms with E-state index in [-0.39, 0.29) is 0 Å². The number of pyridine rings is 1. The Kier molecular flexibility index (Phi) is 8.21. The van der Waals surface area contributed by atoms with Gasteiger partial charge in [0.05, 0.1) is 6.20 Å². The molecule has 0 bridgehead atoms. The summed E-state index contributed by atoms with van der Waals surface area (Å²) >= 11 is -0.931. The van der Waals surface area contributed by atoms with Crippen molar-refractivity contribution in [1.82, 2.24) is 4.98 Å². The molecular formula is C8H10Cl2NZn. The van der Waals surface area contributed by atoms with Crippen LogP contribution in [-0.2, 0) is 15.1 Å². The number of nitrogens with zero attached hydrogens (tertiary/aromatic N) is 1. The zero-order valence-corrected chi connectivity index (χ0v) is 11.7. The van der Waals surface area contributed by atoms with Crippen molar-refractivity contribution in [2.75, 3.05) is 0 Å². The predicted molar refractivity (Wildman–Crippen MR) is 48.9 cm³/mol. The summed E-state index contributed by atoms with van der Waals surface area (Å²) in [6.45, 7) is 4.24. The van der Waals surface area contributed by atoms with E-state index < -0.39 is 15.1 Å². The van der Waals surface area contributed by atoms with E-state index in [0.29, 0.717) is 5.92 Å². The topological polar surface area (TPSA) is 12.9 Å². The Morgan fingerprint density at radius 1 is 1.50 bits per heavy atom. The molecule has 0 N–H and O–H groups in total. The first kappa shape index (κ1) is 12.4. The molecule has 0 amide bonds. The summed E-state index contributed by atoms with van der Waals surface area (Å²) in [5.74, 6) is 0.516. The number of hydrogen-bond acceptors (Lipinski definition) is 1. The summed E-state index contributed by atoms with van der Waals surface area (Å²) in [5.41, 5.74) is 1.11. The van der Waals surface area contributed by atoms with Crippen molar-refractivity contribution in [2.24, 2.45) is 0 Å². The molecule has 0 saturated carbocycles. The Morgan fingerprint density at radius 3 is 2.33 bits per heavy atom. The van der Waals surface area contributed by atoms with E-state index in [1.807, 2.05) is 18.2 Å². The van der Waals surface area contributed by atoms with Crippen LogP contribution in [0.1, 0.15) is 25.5 Å². The molecule has 1 aromatic heterocycles. The van der Waals surface area contributed by atoms with Gasteiger partial charge in [0.15, 0.2) is 0 Å². The molecule has 63 valence electrons. The maximum atomic E-state index is 4.95. The summed E-state index contributed by atoms with van der Waals surface area (Å²) in [5, 5.41) is 0. The van der Waals surface area contributed by atoms with Crippen LogP contribution >= 0.6 is 19.4 Å². The Hall–Kier alpha value is 0.353. The fourth-order valence-electron chi connectivity index (χ4n) is 0.660. The van der Waals surface area contributed by atoms with Gasteiger partial charge in [-0.3, -0.25) is 4.98 Å². The second kappa shape index (κ2) is 7.97. The van der Waals surface area contributed by atoms with Crippen molar-refractivity contribution in [3.8, 4) is 0 Å². The van der Waals surface area contributed by atoms with Gasteiger partial charge < -0.3 is 0 Å². The van der Waals surface area contributed by atoms with Gasteiger partial charge in [0, 0.05) is 5.69 Å². The van der Waals surface area contributed by atoms with Gasteiger partial charge in [0.2, 0.25) is 0 Å². The molecule has 1 heterocycles. The van der Waals surface area contributed by atoms with Gasteiger partial charge in [-0.1, -0.05) is 19.9 Å². The normalized spacial score (nSPS) is 8.42. The molecule has 1 nitrogen and oxygen atoms in total. The Bertz CT molecular complexity index is 192. The molecule has 0 aliphatic rings. The number of rotatable bonds is 1. The SMILES string of the molecule is CC(C)c1ccc[c]n1.[Cl][Zn][Cl]. The van der Waals surface area contributed by atoms with Crippen LogP contribution in [0.3, 0.4) is 0 Å². The van der Waals surface area contributed by atoms with E-state index in [4.69, 9.17) is 19.4 Å². The zero-order chi connectivity index (χ0) is 9.40. The number of halogens is 2. The molecule has 0 spiro atoms. The quantitative estimate of drug-likeness (QED) is 0.702. The number of hydrogen-bond donors (Lipinski definition) is 0. The minimum absolute atomic E-state index is 0.516. The van der Waals surface area contributed by atoms with Gasteiger partial charge in [-0.25, -0.2) is 0 Å². The predicted octanol–water partition coefficient (Wildman–Crippen LogP) is 3.38. The summed E-state index contributed by atoms with van der Waals surface area (Å²) in [6.07, 6.45) is 2.79. The summed E-state index contributed by atoms with van der Waals surface area (Å²) in [4.78, 5) is 4.05. The molecule has 0 saturated heterocycles. The molecule has 0 aromatic carbocycles. The van der Waals surface area contributed by atoms with Crippen molar-refractivity contribution in [2.45, 2.75) is 19.8 Å². The Balaban J connectivity index is 0.000000354. The first-order chi connectivity index (χ1) is 5.72. The van der Waals surface area contributed by atoms with Crippen LogP contribution in [0.4, 0.5) is 0 Å². The first-order valence-corrected chi connectivity index (χ1v) is 11.5. The first-order valence-electron chi connectivity index (χ1n) is 3.67. The monoisotopic (exact) mass is 254 g/mol. The van der Waals surface area contributed by atoms with Crippen LogP contribution in [0.25, 0.3) is 0 Å². The van der Waals surface area contributed by atoms with Crippen LogP contribution in [0, 0.1) is 6.20 Å². The fourth-order valence-corrected chi connectivity index (χ4v) is 0.660. The fraction of sp³-hybridized carbons (Fsp3) is 0.375. The van der Waals surface area contributed by atoms with Crippen LogP contribution in [0.15, 0.2) is 18.2 Å². The van der Waals surface area contributed by atoms with Crippen molar-refractivity contribution in [3.05, 3.63) is 30.1 Å². The zero-order valence-electron chi connectivity index (χ0n) is 7.22. The number of aromatic nitrogens is 1. The standard InChI is InChI=1S/C8H10N.2ClH.Zn/c1-7(2)8-5-3-4-6-9-8;;;/h3-5,7H,1-2H3;2*1H;/q;;;+2/p-2. The van der Waals surface area contributed by atoms with E-state index in [0.717, 1.165) is 5.69 Å². The van der Waals surface area contributed by atoms with E-state index in [1.54, 1.807) is 0 Å². The van der Waals surface area contributed by atoms with Crippen LogP contribution in [0.5, 0.6) is 0 Å². The average Bonchev–Trinajstić information content (AvgIpc) is 2.07. The molecule has 1 aromatic rings. The Morgan fingerprint density at radius 2 is 2.08 bits per heavy atom. The maximum absolute atomic E-state index is 4.95. The molecule has 0 fully saturated rings. The van der Waals surface area contributed by atoms with Crippen molar-refractivity contribution < 1.29 is 15.1 Å². The van der Waals surface area contributed by atoms with E-state index in [9.17, 15) is 0 Å². The van der Waals surface area contributed by atoms with Gasteiger partial charge in [-0.15, -0.1) is 0 Å². The second-order valence-electron chi connectivity index (χ2n) is 2.45. The molecule has 0 atom stereocenters. The van der Waals surface area contributed by atoms with Crippen molar-refractivity contribution in [1.29, 1.82) is 0 Å². The molecule has 1 radical (unpaired) electrons. The minimum atomic E-state index is -0.931. The van der Waals surface area contributed by atoms with E-state index in [1.165, 1.54) is 0 Å². The van der Waals surface area contributed by atoms with Crippen LogP contribution in [-0.4, -0.2) is 4.98 Å². The summed E-state index contributed by atoms with van der Waals surface area (Å²) < 4.78 is 0. The van der Waals surface area contributed by atoms with Crippen LogP contribution < -0.4 is 0 Å². The van der Waals surface area contributed by atoms with E-state index in [2.05, 4.69) is 25.0 Å². The molecule has 12 heavy (non-hydrogen) atoms. The molecule has 4 heteroatoms. The molecule has 0 aliphatic heterocycles. The third kappa shape index (κ3) is 5.94. The third-order valence-corrected chi connectivity index (χ3v) is 1.22. The summed E-state index contributed by atoms with van der Waals surface area (Å²) in [7, 11) is 9.90. The van der Waals surface area contributed by atoms with Gasteiger partial charge in [-0.2, -0.15) is 0 Å². The van der Waals surface area contributed by atoms with Gasteiger partial charge in [0.1, 0.15) is 0 Å². The third-order valence-electron chi connectivity index (χ3n) is 1.22. The van der Waals surface area contributed by atoms with Crippen LogP contribution in [0.2, 0.25) is 0 Å². The van der Waals surface area contributed by atoms with Crippen molar-refractivity contribution in [3.63, 3.8) is 0 Å². The second-order valence-corrected chi connectivity index (χ2v) is 7.07. The average molecular weight is 256 g/mol. The van der Waals surface area contributed by atoms with Gasteiger partial charge in [0.25, 0.3) is 0 Å². The molecule has 0 aliphatic carbocycles. The summed E-state index contributed by atoms with van der Waals surface area (Å²) in [6, 6.07) is 5.79. The van der Waals surface area contributed by atoms with Gasteiger partial charge >= 0.3 is 34.5 Å². The molecule has 1 rings (SSSR count). The van der Waals surface area contributed by atoms with E-state index >= 15 is 0 Å². The Labute approximate surface area is 89.2 Å². The van der Waals surface area contributed by atoms with Gasteiger partial charge in [-0.05, 0) is 18.1 Å².